The molecule has 2 aromatic carbocycles. The summed E-state index contributed by atoms with van der Waals surface area (Å²) in [5, 5.41) is 8.90. The number of hydrogen-bond donors (Lipinski definition) is 1. The van der Waals surface area contributed by atoms with Crippen LogP contribution in [0.15, 0.2) is 51.5 Å². The van der Waals surface area contributed by atoms with Crippen LogP contribution < -0.4 is 10.2 Å². The molecule has 1 N–H and O–H groups in total. The van der Waals surface area contributed by atoms with Gasteiger partial charge in [0.15, 0.2) is 0 Å². The molecule has 0 aliphatic carbocycles. The summed E-state index contributed by atoms with van der Waals surface area (Å²) in [6.45, 7) is 3.12. The maximum Gasteiger partial charge on any atom is 0.471 e. The standard InChI is InChI=1S/C19H19ClF4N4O4S/c1-3-28(8-9-32-2)13-5-7-15(16(11-13)25-18(29)19(21,22)23)27-26-12-4-6-14(20)17(10-12)33(24,30)31/h4-7,10-11H,3,8-9H2,1-2H3,(H,25,29)/b27-26+. The van der Waals surface area contributed by atoms with E-state index in [1.807, 2.05) is 6.92 Å². The van der Waals surface area contributed by atoms with E-state index in [9.17, 15) is 30.3 Å². The van der Waals surface area contributed by atoms with E-state index >= 15 is 0 Å². The molecule has 14 heteroatoms. The van der Waals surface area contributed by atoms with Crippen LogP contribution in [0.4, 0.5) is 39.8 Å². The van der Waals surface area contributed by atoms with Crippen LogP contribution in [0.2, 0.25) is 5.02 Å². The molecule has 0 spiro atoms. The van der Waals surface area contributed by atoms with Crippen molar-refractivity contribution in [3.63, 3.8) is 0 Å². The van der Waals surface area contributed by atoms with Gasteiger partial charge in [0.05, 0.1) is 23.0 Å². The van der Waals surface area contributed by atoms with Crippen molar-refractivity contribution in [2.75, 3.05) is 37.0 Å². The van der Waals surface area contributed by atoms with Gasteiger partial charge in [-0.2, -0.15) is 26.7 Å². The van der Waals surface area contributed by atoms with Crippen molar-refractivity contribution in [3.8, 4) is 0 Å². The third-order valence-electron chi connectivity index (χ3n) is 4.25. The van der Waals surface area contributed by atoms with Gasteiger partial charge in [0.1, 0.15) is 10.6 Å². The monoisotopic (exact) mass is 510 g/mol. The first-order chi connectivity index (χ1) is 15.4. The van der Waals surface area contributed by atoms with Gasteiger partial charge in [-0.1, -0.05) is 11.6 Å². The van der Waals surface area contributed by atoms with Crippen molar-refractivity contribution in [1.29, 1.82) is 0 Å². The summed E-state index contributed by atoms with van der Waals surface area (Å²) < 4.78 is 79.1. The number of carbonyl (C=O) groups is 1. The number of halogens is 5. The second kappa shape index (κ2) is 10.9. The molecule has 0 aliphatic heterocycles. The summed E-state index contributed by atoms with van der Waals surface area (Å²) in [6, 6.07) is 7.28. The van der Waals surface area contributed by atoms with Crippen molar-refractivity contribution in [2.45, 2.75) is 18.0 Å². The van der Waals surface area contributed by atoms with Crippen molar-refractivity contribution in [1.82, 2.24) is 0 Å². The van der Waals surface area contributed by atoms with E-state index in [0.29, 0.717) is 25.4 Å². The topological polar surface area (TPSA) is 100 Å². The number of carbonyl (C=O) groups excluding carboxylic acids is 1. The fourth-order valence-corrected chi connectivity index (χ4v) is 3.58. The van der Waals surface area contributed by atoms with Crippen molar-refractivity contribution >= 4 is 50.5 Å². The maximum absolute atomic E-state index is 13.3. The molecular formula is C19H19ClF4N4O4S. The van der Waals surface area contributed by atoms with Gasteiger partial charge in [0, 0.05) is 25.9 Å². The summed E-state index contributed by atoms with van der Waals surface area (Å²) in [5.41, 5.74) is -0.0909. The van der Waals surface area contributed by atoms with Crippen LogP contribution in [0, 0.1) is 0 Å². The Morgan fingerprint density at radius 1 is 1.18 bits per heavy atom. The van der Waals surface area contributed by atoms with Gasteiger partial charge >= 0.3 is 22.3 Å². The first-order valence-corrected chi connectivity index (χ1v) is 11.0. The summed E-state index contributed by atoms with van der Waals surface area (Å²) in [7, 11) is -3.63. The molecule has 0 atom stereocenters. The lowest BCUT2D eigenvalue weighted by atomic mass is 10.2. The molecule has 1 amide bonds. The minimum absolute atomic E-state index is 0.136. The lowest BCUT2D eigenvalue weighted by molar-refractivity contribution is -0.167. The molecule has 0 unspecified atom stereocenters. The van der Waals surface area contributed by atoms with Crippen LogP contribution in [0.1, 0.15) is 6.92 Å². The molecule has 2 rings (SSSR count). The van der Waals surface area contributed by atoms with Crippen molar-refractivity contribution in [2.24, 2.45) is 10.2 Å². The molecule has 0 aliphatic rings. The van der Waals surface area contributed by atoms with Crippen LogP contribution in [0.3, 0.4) is 0 Å². The smallest absolute Gasteiger partial charge is 0.383 e. The number of hydrogen-bond acceptors (Lipinski definition) is 7. The van der Waals surface area contributed by atoms with Crippen LogP contribution >= 0.6 is 11.6 Å². The number of azo groups is 1. The number of alkyl halides is 3. The minimum Gasteiger partial charge on any atom is -0.383 e. The fraction of sp³-hybridized carbons (Fsp3) is 0.316. The molecule has 33 heavy (non-hydrogen) atoms. The Hall–Kier alpha value is -2.77. The lowest BCUT2D eigenvalue weighted by Crippen LogP contribution is -2.30. The predicted molar refractivity (Wildman–Crippen MR) is 115 cm³/mol. The number of rotatable bonds is 9. The number of benzene rings is 2. The molecule has 0 aromatic heterocycles. The van der Waals surface area contributed by atoms with Crippen LogP contribution in [0.5, 0.6) is 0 Å². The van der Waals surface area contributed by atoms with E-state index in [1.54, 1.807) is 16.3 Å². The molecular weight excluding hydrogens is 492 g/mol. The number of amides is 1. The number of nitrogens with one attached hydrogen (secondary N) is 1. The second-order valence-corrected chi connectivity index (χ2v) is 8.20. The molecule has 0 saturated heterocycles. The zero-order valence-corrected chi connectivity index (χ0v) is 18.9. The van der Waals surface area contributed by atoms with Crippen LogP contribution in [-0.2, 0) is 19.8 Å². The Morgan fingerprint density at radius 3 is 2.45 bits per heavy atom. The fourth-order valence-electron chi connectivity index (χ4n) is 2.63. The average Bonchev–Trinajstić information content (AvgIpc) is 2.73. The largest absolute Gasteiger partial charge is 0.471 e. The number of likely N-dealkylation sites (N-methyl/N-ethyl adjacent to an activating group) is 1. The molecule has 8 nitrogen and oxygen atoms in total. The molecule has 0 heterocycles. The lowest BCUT2D eigenvalue weighted by Gasteiger charge is -2.23. The number of anilines is 2. The summed E-state index contributed by atoms with van der Waals surface area (Å²) in [5.74, 6) is -2.21. The molecule has 2 aromatic rings. The first-order valence-electron chi connectivity index (χ1n) is 9.29. The first kappa shape index (κ1) is 26.5. The van der Waals surface area contributed by atoms with Crippen molar-refractivity contribution < 1.29 is 35.0 Å². The molecule has 0 radical (unpaired) electrons. The normalized spacial score (nSPS) is 12.2. The highest BCUT2D eigenvalue weighted by Crippen LogP contribution is 2.34. The Labute approximate surface area is 192 Å². The van der Waals surface area contributed by atoms with E-state index in [0.717, 1.165) is 12.1 Å². The third kappa shape index (κ3) is 7.37. The molecule has 180 valence electrons. The number of methoxy groups -OCH3 is 1. The molecule has 0 bridgehead atoms. The van der Waals surface area contributed by atoms with Crippen LogP contribution in [0.25, 0.3) is 0 Å². The Balaban J connectivity index is 2.47. The Bertz CT molecular complexity index is 1140. The summed E-state index contributed by atoms with van der Waals surface area (Å²) >= 11 is 5.66. The zero-order valence-electron chi connectivity index (χ0n) is 17.4. The SMILES string of the molecule is CCN(CCOC)c1ccc(/N=N/c2ccc(Cl)c(S(=O)(=O)F)c2)c(NC(=O)C(F)(F)F)c1. The summed E-state index contributed by atoms with van der Waals surface area (Å²) in [6.07, 6.45) is -5.15. The third-order valence-corrected chi connectivity index (χ3v) is 5.55. The van der Waals surface area contributed by atoms with Gasteiger partial charge in [-0.3, -0.25) is 4.79 Å². The zero-order chi connectivity index (χ0) is 24.8. The highest BCUT2D eigenvalue weighted by molar-refractivity contribution is 7.86. The minimum atomic E-state index is -5.15. The quantitative estimate of drug-likeness (QED) is 0.277. The number of nitrogens with zero attached hydrogens (tertiary/aromatic N) is 3. The maximum atomic E-state index is 13.3. The van der Waals surface area contributed by atoms with Gasteiger partial charge in [-0.15, -0.1) is 9.00 Å². The van der Waals surface area contributed by atoms with E-state index in [2.05, 4.69) is 10.2 Å². The van der Waals surface area contributed by atoms with Crippen molar-refractivity contribution in [3.05, 3.63) is 41.4 Å². The van der Waals surface area contributed by atoms with E-state index in [4.69, 9.17) is 16.3 Å². The van der Waals surface area contributed by atoms with E-state index in [-0.39, 0.29) is 22.1 Å². The Morgan fingerprint density at radius 2 is 1.88 bits per heavy atom. The highest BCUT2D eigenvalue weighted by Gasteiger charge is 2.39. The van der Waals surface area contributed by atoms with E-state index in [1.165, 1.54) is 25.3 Å². The van der Waals surface area contributed by atoms with Gasteiger partial charge in [0.2, 0.25) is 0 Å². The summed E-state index contributed by atoms with van der Waals surface area (Å²) in [4.78, 5) is 12.5. The van der Waals surface area contributed by atoms with Gasteiger partial charge in [-0.25, -0.2) is 0 Å². The Kier molecular flexibility index (Phi) is 8.75. The van der Waals surface area contributed by atoms with E-state index < -0.39 is 27.2 Å². The molecule has 0 fully saturated rings. The second-order valence-electron chi connectivity index (χ2n) is 6.48. The van der Waals surface area contributed by atoms with Gasteiger partial charge < -0.3 is 15.0 Å². The van der Waals surface area contributed by atoms with Crippen LogP contribution in [-0.4, -0.2) is 47.3 Å². The predicted octanol–water partition coefficient (Wildman–Crippen LogP) is 5.39. The molecule has 0 saturated carbocycles. The van der Waals surface area contributed by atoms with Gasteiger partial charge in [0.25, 0.3) is 0 Å². The highest BCUT2D eigenvalue weighted by atomic mass is 35.5. The average molecular weight is 511 g/mol. The number of ether oxygens (including phenoxy) is 1. The van der Waals surface area contributed by atoms with Gasteiger partial charge in [-0.05, 0) is 43.3 Å².